The molecule has 0 aliphatic rings. The number of fused-ring (bicyclic) bond motifs is 1. The van der Waals surface area contributed by atoms with Crippen LogP contribution in [-0.4, -0.2) is 14.8 Å². The molecule has 4 nitrogen and oxygen atoms in total. The Morgan fingerprint density at radius 3 is 2.81 bits per heavy atom. The molecule has 2 N–H and O–H groups in total. The van der Waals surface area contributed by atoms with Crippen molar-refractivity contribution in [3.05, 3.63) is 51.9 Å². The molecule has 3 rings (SSSR count). The average Bonchev–Trinajstić information content (AvgIpc) is 2.93. The number of hydrogen-bond donors (Lipinski definition) is 2. The third-order valence-corrected chi connectivity index (χ3v) is 4.25. The van der Waals surface area contributed by atoms with Crippen molar-refractivity contribution < 1.29 is 0 Å². The van der Waals surface area contributed by atoms with Gasteiger partial charge in [0, 0.05) is 42.3 Å². The fourth-order valence-corrected chi connectivity index (χ4v) is 2.95. The van der Waals surface area contributed by atoms with E-state index in [1.165, 1.54) is 22.2 Å². The summed E-state index contributed by atoms with van der Waals surface area (Å²) in [6.45, 7) is 5.59. The standard InChI is InChI=1S/C16H19ClN4/c1-10-7-13-12(5-4-6-15(13)19-10)8-18-9-14-11(2)20-21(3)16(14)17/h4-7,18-19H,8-9H2,1-3H3. The molecule has 110 valence electrons. The van der Waals surface area contributed by atoms with Gasteiger partial charge in [0.2, 0.25) is 0 Å². The molecule has 0 spiro atoms. The monoisotopic (exact) mass is 302 g/mol. The van der Waals surface area contributed by atoms with Gasteiger partial charge in [0.15, 0.2) is 0 Å². The molecular weight excluding hydrogens is 284 g/mol. The second kappa shape index (κ2) is 5.54. The Bertz CT molecular complexity index is 785. The van der Waals surface area contributed by atoms with E-state index in [0.717, 1.165) is 24.3 Å². The molecule has 0 bridgehead atoms. The van der Waals surface area contributed by atoms with Crippen LogP contribution in [0.2, 0.25) is 5.15 Å². The van der Waals surface area contributed by atoms with Gasteiger partial charge in [0.1, 0.15) is 5.15 Å². The lowest BCUT2D eigenvalue weighted by Gasteiger charge is -2.06. The van der Waals surface area contributed by atoms with Crippen molar-refractivity contribution in [1.82, 2.24) is 20.1 Å². The number of halogens is 1. The van der Waals surface area contributed by atoms with Crippen molar-refractivity contribution in [2.24, 2.45) is 7.05 Å². The molecule has 2 heterocycles. The summed E-state index contributed by atoms with van der Waals surface area (Å²) in [7, 11) is 1.86. The SMILES string of the molecule is Cc1cc2c(CNCc3c(C)nn(C)c3Cl)cccc2[nH]1. The van der Waals surface area contributed by atoms with Gasteiger partial charge in [-0.1, -0.05) is 23.7 Å². The van der Waals surface area contributed by atoms with Crippen LogP contribution < -0.4 is 5.32 Å². The first-order valence-corrected chi connectivity index (χ1v) is 7.40. The minimum absolute atomic E-state index is 0.704. The van der Waals surface area contributed by atoms with E-state index in [4.69, 9.17) is 11.6 Å². The van der Waals surface area contributed by atoms with Crippen LogP contribution in [0.4, 0.5) is 0 Å². The zero-order valence-corrected chi connectivity index (χ0v) is 13.3. The summed E-state index contributed by atoms with van der Waals surface area (Å²) in [4.78, 5) is 3.37. The van der Waals surface area contributed by atoms with Crippen LogP contribution in [0, 0.1) is 13.8 Å². The number of rotatable bonds is 4. The molecule has 0 saturated carbocycles. The molecule has 0 amide bonds. The van der Waals surface area contributed by atoms with Gasteiger partial charge in [-0.05, 0) is 31.5 Å². The summed E-state index contributed by atoms with van der Waals surface area (Å²) in [5.74, 6) is 0. The molecule has 0 saturated heterocycles. The highest BCUT2D eigenvalue weighted by Crippen LogP contribution is 2.21. The maximum Gasteiger partial charge on any atom is 0.131 e. The Balaban J connectivity index is 1.75. The number of nitrogens with one attached hydrogen (secondary N) is 2. The Morgan fingerprint density at radius 1 is 1.29 bits per heavy atom. The molecule has 2 aromatic heterocycles. The van der Waals surface area contributed by atoms with E-state index in [1.807, 2.05) is 14.0 Å². The maximum absolute atomic E-state index is 6.25. The minimum Gasteiger partial charge on any atom is -0.359 e. The zero-order valence-electron chi connectivity index (χ0n) is 12.5. The van der Waals surface area contributed by atoms with Crippen molar-refractivity contribution in [2.75, 3.05) is 0 Å². The lowest BCUT2D eigenvalue weighted by molar-refractivity contribution is 0.693. The van der Waals surface area contributed by atoms with E-state index in [0.29, 0.717) is 5.15 Å². The number of H-pyrrole nitrogens is 1. The topological polar surface area (TPSA) is 45.6 Å². The molecule has 0 aliphatic heterocycles. The highest BCUT2D eigenvalue weighted by atomic mass is 35.5. The van der Waals surface area contributed by atoms with E-state index in [9.17, 15) is 0 Å². The van der Waals surface area contributed by atoms with Crippen molar-refractivity contribution in [3.63, 3.8) is 0 Å². The summed E-state index contributed by atoms with van der Waals surface area (Å²) in [6, 6.07) is 8.53. The Morgan fingerprint density at radius 2 is 2.10 bits per heavy atom. The lowest BCUT2D eigenvalue weighted by atomic mass is 10.1. The molecule has 5 heteroatoms. The molecular formula is C16H19ClN4. The third-order valence-electron chi connectivity index (χ3n) is 3.78. The second-order valence-electron chi connectivity index (χ2n) is 5.41. The van der Waals surface area contributed by atoms with E-state index < -0.39 is 0 Å². The van der Waals surface area contributed by atoms with E-state index in [1.54, 1.807) is 4.68 Å². The van der Waals surface area contributed by atoms with Crippen molar-refractivity contribution in [1.29, 1.82) is 0 Å². The quantitative estimate of drug-likeness (QED) is 0.775. The highest BCUT2D eigenvalue weighted by molar-refractivity contribution is 6.30. The first-order valence-electron chi connectivity index (χ1n) is 7.02. The minimum atomic E-state index is 0.704. The molecule has 0 aliphatic carbocycles. The largest absolute Gasteiger partial charge is 0.359 e. The van der Waals surface area contributed by atoms with Crippen molar-refractivity contribution in [2.45, 2.75) is 26.9 Å². The van der Waals surface area contributed by atoms with Crippen LogP contribution in [-0.2, 0) is 20.1 Å². The zero-order chi connectivity index (χ0) is 15.0. The highest BCUT2D eigenvalue weighted by Gasteiger charge is 2.11. The first-order chi connectivity index (χ1) is 10.1. The van der Waals surface area contributed by atoms with Gasteiger partial charge in [-0.15, -0.1) is 0 Å². The van der Waals surface area contributed by atoms with Gasteiger partial charge in [0.05, 0.1) is 5.69 Å². The Hall–Kier alpha value is -1.78. The van der Waals surface area contributed by atoms with Gasteiger partial charge in [0.25, 0.3) is 0 Å². The van der Waals surface area contributed by atoms with Crippen LogP contribution in [0.25, 0.3) is 10.9 Å². The smallest absolute Gasteiger partial charge is 0.131 e. The van der Waals surface area contributed by atoms with E-state index in [-0.39, 0.29) is 0 Å². The van der Waals surface area contributed by atoms with Crippen LogP contribution in [0.5, 0.6) is 0 Å². The summed E-state index contributed by atoms with van der Waals surface area (Å²) in [6.07, 6.45) is 0. The van der Waals surface area contributed by atoms with Crippen molar-refractivity contribution in [3.8, 4) is 0 Å². The molecule has 0 atom stereocenters. The van der Waals surface area contributed by atoms with Gasteiger partial charge < -0.3 is 10.3 Å². The number of hydrogen-bond acceptors (Lipinski definition) is 2. The maximum atomic E-state index is 6.25. The molecule has 0 unspecified atom stereocenters. The Kier molecular flexibility index (Phi) is 3.74. The van der Waals surface area contributed by atoms with Crippen LogP contribution in [0.3, 0.4) is 0 Å². The van der Waals surface area contributed by atoms with Crippen LogP contribution >= 0.6 is 11.6 Å². The van der Waals surface area contributed by atoms with Gasteiger partial charge in [-0.25, -0.2) is 0 Å². The second-order valence-corrected chi connectivity index (χ2v) is 5.77. The van der Waals surface area contributed by atoms with Gasteiger partial charge in [-0.2, -0.15) is 5.10 Å². The fraction of sp³-hybridized carbons (Fsp3) is 0.312. The molecule has 3 aromatic rings. The predicted molar refractivity (Wildman–Crippen MR) is 86.5 cm³/mol. The van der Waals surface area contributed by atoms with E-state index >= 15 is 0 Å². The number of aromatic nitrogens is 3. The molecule has 1 aromatic carbocycles. The van der Waals surface area contributed by atoms with Crippen LogP contribution in [0.1, 0.15) is 22.5 Å². The fourth-order valence-electron chi connectivity index (χ4n) is 2.71. The average molecular weight is 303 g/mol. The summed E-state index contributed by atoms with van der Waals surface area (Å²) >= 11 is 6.25. The molecule has 0 fully saturated rings. The predicted octanol–water partition coefficient (Wildman–Crippen LogP) is 3.46. The number of nitrogens with zero attached hydrogens (tertiary/aromatic N) is 2. The number of benzene rings is 1. The number of aromatic amines is 1. The number of aryl methyl sites for hydroxylation is 3. The van der Waals surface area contributed by atoms with E-state index in [2.05, 4.69) is 46.6 Å². The van der Waals surface area contributed by atoms with Gasteiger partial charge >= 0.3 is 0 Å². The van der Waals surface area contributed by atoms with Crippen molar-refractivity contribution >= 4 is 22.5 Å². The molecule has 21 heavy (non-hydrogen) atoms. The first kappa shape index (κ1) is 14.2. The summed E-state index contributed by atoms with van der Waals surface area (Å²) in [5, 5.41) is 9.77. The Labute approximate surface area is 129 Å². The third kappa shape index (κ3) is 2.69. The lowest BCUT2D eigenvalue weighted by Crippen LogP contribution is -2.13. The van der Waals surface area contributed by atoms with Gasteiger partial charge in [-0.3, -0.25) is 4.68 Å². The summed E-state index contributed by atoms with van der Waals surface area (Å²) < 4.78 is 1.71. The molecule has 0 radical (unpaired) electrons. The normalized spacial score (nSPS) is 11.4. The summed E-state index contributed by atoms with van der Waals surface area (Å²) in [5.41, 5.74) is 5.70. The van der Waals surface area contributed by atoms with Crippen LogP contribution in [0.15, 0.2) is 24.3 Å².